The maximum Gasteiger partial charge on any atom is 0.308 e. The van der Waals surface area contributed by atoms with Crippen molar-refractivity contribution in [3.8, 4) is 0 Å². The van der Waals surface area contributed by atoms with Gasteiger partial charge in [-0.1, -0.05) is 0 Å². The van der Waals surface area contributed by atoms with Gasteiger partial charge in [-0.3, -0.25) is 4.79 Å². The van der Waals surface area contributed by atoms with E-state index in [1.807, 2.05) is 0 Å². The number of aliphatic carboxylic acids is 1. The molecule has 2 aliphatic rings. The molecule has 0 amide bonds. The van der Waals surface area contributed by atoms with E-state index in [9.17, 15) is 9.90 Å². The molecule has 1 atom stereocenters. The molecule has 1 fully saturated rings. The molecule has 3 rings (SSSR count). The first-order valence-corrected chi connectivity index (χ1v) is 7.06. The van der Waals surface area contributed by atoms with Crippen LogP contribution in [0.1, 0.15) is 36.9 Å². The largest absolute Gasteiger partial charge is 0.481 e. The van der Waals surface area contributed by atoms with Crippen molar-refractivity contribution in [1.29, 1.82) is 0 Å². The summed E-state index contributed by atoms with van der Waals surface area (Å²) in [6.07, 6.45) is 7.77. The molecule has 1 aromatic rings. The molecule has 2 heterocycles. The number of rotatable bonds is 2. The van der Waals surface area contributed by atoms with Gasteiger partial charge in [0.25, 0.3) is 0 Å². The zero-order valence-corrected chi connectivity index (χ0v) is 11.0. The van der Waals surface area contributed by atoms with Crippen LogP contribution in [0.4, 0.5) is 5.82 Å². The maximum atomic E-state index is 11.2. The zero-order valence-electron chi connectivity index (χ0n) is 11.0. The van der Waals surface area contributed by atoms with Gasteiger partial charge in [0.15, 0.2) is 0 Å². The molecule has 5 nitrogen and oxygen atoms in total. The number of anilines is 1. The molecule has 19 heavy (non-hydrogen) atoms. The van der Waals surface area contributed by atoms with Gasteiger partial charge in [0.05, 0.1) is 5.92 Å². The van der Waals surface area contributed by atoms with Gasteiger partial charge in [0, 0.05) is 24.3 Å². The Morgan fingerprint density at radius 1 is 1.26 bits per heavy atom. The van der Waals surface area contributed by atoms with Crippen molar-refractivity contribution in [3.63, 3.8) is 0 Å². The van der Waals surface area contributed by atoms with E-state index in [4.69, 9.17) is 0 Å². The fourth-order valence-corrected chi connectivity index (χ4v) is 3.15. The maximum absolute atomic E-state index is 11.2. The van der Waals surface area contributed by atoms with Crippen LogP contribution in [0, 0.1) is 5.92 Å². The summed E-state index contributed by atoms with van der Waals surface area (Å²) in [4.78, 5) is 22.1. The fraction of sp³-hybridized carbons (Fsp3) is 0.643. The van der Waals surface area contributed by atoms with E-state index >= 15 is 0 Å². The molecule has 1 aliphatic heterocycles. The van der Waals surface area contributed by atoms with Crippen LogP contribution in [-0.2, 0) is 17.6 Å². The molecule has 1 N–H and O–H groups in total. The molecule has 0 aromatic carbocycles. The van der Waals surface area contributed by atoms with Gasteiger partial charge in [0.1, 0.15) is 12.1 Å². The van der Waals surface area contributed by atoms with Crippen LogP contribution in [0.15, 0.2) is 6.33 Å². The van der Waals surface area contributed by atoms with E-state index in [1.54, 1.807) is 6.33 Å². The summed E-state index contributed by atoms with van der Waals surface area (Å²) in [5.74, 6) is 0.0335. The average Bonchev–Trinajstić information content (AvgIpc) is 2.47. The minimum atomic E-state index is -0.687. The second-order valence-electron chi connectivity index (χ2n) is 5.45. The Balaban J connectivity index is 1.87. The van der Waals surface area contributed by atoms with Gasteiger partial charge in [-0.25, -0.2) is 9.97 Å². The van der Waals surface area contributed by atoms with Gasteiger partial charge in [-0.05, 0) is 38.5 Å². The Labute approximate surface area is 112 Å². The van der Waals surface area contributed by atoms with Crippen LogP contribution in [-0.4, -0.2) is 34.1 Å². The van der Waals surface area contributed by atoms with E-state index in [0.717, 1.165) is 43.7 Å². The number of aryl methyl sites for hydroxylation is 1. The van der Waals surface area contributed by atoms with E-state index in [1.165, 1.54) is 18.4 Å². The predicted molar refractivity (Wildman–Crippen MR) is 71.2 cm³/mol. The van der Waals surface area contributed by atoms with Gasteiger partial charge < -0.3 is 10.0 Å². The average molecular weight is 261 g/mol. The lowest BCUT2D eigenvalue weighted by Crippen LogP contribution is -2.40. The smallest absolute Gasteiger partial charge is 0.308 e. The van der Waals surface area contributed by atoms with Gasteiger partial charge in [0.2, 0.25) is 0 Å². The number of nitrogens with zero attached hydrogens (tertiary/aromatic N) is 3. The van der Waals surface area contributed by atoms with Crippen molar-refractivity contribution < 1.29 is 9.90 Å². The molecule has 0 radical (unpaired) electrons. The van der Waals surface area contributed by atoms with Crippen molar-refractivity contribution in [1.82, 2.24) is 9.97 Å². The summed E-state index contributed by atoms with van der Waals surface area (Å²) in [5.41, 5.74) is 2.41. The highest BCUT2D eigenvalue weighted by Gasteiger charge is 2.28. The monoisotopic (exact) mass is 261 g/mol. The number of hydrogen-bond acceptors (Lipinski definition) is 4. The third-order valence-corrected chi connectivity index (χ3v) is 4.17. The lowest BCUT2D eigenvalue weighted by atomic mass is 9.94. The van der Waals surface area contributed by atoms with Crippen molar-refractivity contribution in [3.05, 3.63) is 17.6 Å². The lowest BCUT2D eigenvalue weighted by Gasteiger charge is -2.33. The topological polar surface area (TPSA) is 66.3 Å². The van der Waals surface area contributed by atoms with Crippen molar-refractivity contribution in [2.45, 2.75) is 38.5 Å². The molecule has 1 aliphatic carbocycles. The Hall–Kier alpha value is -1.65. The Morgan fingerprint density at radius 3 is 2.95 bits per heavy atom. The number of carboxylic acid groups (broad SMARTS) is 1. The normalized spacial score (nSPS) is 22.9. The number of aromatic nitrogens is 2. The third kappa shape index (κ3) is 2.41. The molecule has 0 saturated carbocycles. The minimum Gasteiger partial charge on any atom is -0.481 e. The summed E-state index contributed by atoms with van der Waals surface area (Å²) < 4.78 is 0. The van der Waals surface area contributed by atoms with E-state index in [0.29, 0.717) is 6.54 Å². The fourth-order valence-electron chi connectivity index (χ4n) is 3.15. The standard InChI is InChI=1S/C14H19N3O2/c18-14(19)10-4-3-7-17(8-10)13-11-5-1-2-6-12(11)15-9-16-13/h9-10H,1-8H2,(H,18,19)/t10-/m1/s1. The Morgan fingerprint density at radius 2 is 2.11 bits per heavy atom. The van der Waals surface area contributed by atoms with Crippen LogP contribution >= 0.6 is 0 Å². The summed E-state index contributed by atoms with van der Waals surface area (Å²) in [5, 5.41) is 9.18. The zero-order chi connectivity index (χ0) is 13.2. The number of hydrogen-bond donors (Lipinski definition) is 1. The Bertz CT molecular complexity index is 490. The van der Waals surface area contributed by atoms with E-state index in [2.05, 4.69) is 14.9 Å². The first-order valence-electron chi connectivity index (χ1n) is 7.06. The van der Waals surface area contributed by atoms with Crippen LogP contribution in [0.2, 0.25) is 0 Å². The van der Waals surface area contributed by atoms with Gasteiger partial charge in [-0.2, -0.15) is 0 Å². The summed E-state index contributed by atoms with van der Waals surface area (Å²) >= 11 is 0. The quantitative estimate of drug-likeness (QED) is 0.877. The molecular weight excluding hydrogens is 242 g/mol. The van der Waals surface area contributed by atoms with Crippen LogP contribution in [0.5, 0.6) is 0 Å². The SMILES string of the molecule is O=C(O)[C@@H]1CCCN(c2ncnc3c2CCCC3)C1. The first kappa shape index (κ1) is 12.4. The number of carbonyl (C=O) groups is 1. The highest BCUT2D eigenvalue weighted by Crippen LogP contribution is 2.29. The lowest BCUT2D eigenvalue weighted by molar-refractivity contribution is -0.141. The third-order valence-electron chi connectivity index (χ3n) is 4.17. The Kier molecular flexibility index (Phi) is 3.36. The predicted octanol–water partition coefficient (Wildman–Crippen LogP) is 1.66. The van der Waals surface area contributed by atoms with Crippen molar-refractivity contribution in [2.75, 3.05) is 18.0 Å². The van der Waals surface area contributed by atoms with Gasteiger partial charge in [-0.15, -0.1) is 0 Å². The van der Waals surface area contributed by atoms with Crippen molar-refractivity contribution >= 4 is 11.8 Å². The highest BCUT2D eigenvalue weighted by molar-refractivity contribution is 5.71. The minimum absolute atomic E-state index is 0.261. The molecule has 0 spiro atoms. The molecule has 0 unspecified atom stereocenters. The highest BCUT2D eigenvalue weighted by atomic mass is 16.4. The number of carboxylic acids is 1. The molecule has 1 saturated heterocycles. The van der Waals surface area contributed by atoms with Crippen LogP contribution in [0.25, 0.3) is 0 Å². The van der Waals surface area contributed by atoms with Crippen molar-refractivity contribution in [2.24, 2.45) is 5.92 Å². The first-order chi connectivity index (χ1) is 9.25. The summed E-state index contributed by atoms with van der Waals surface area (Å²) in [7, 11) is 0. The number of piperidine rings is 1. The van der Waals surface area contributed by atoms with E-state index < -0.39 is 5.97 Å². The second kappa shape index (κ2) is 5.15. The molecule has 0 bridgehead atoms. The van der Waals surface area contributed by atoms with Gasteiger partial charge >= 0.3 is 5.97 Å². The molecule has 1 aromatic heterocycles. The molecular formula is C14H19N3O2. The number of fused-ring (bicyclic) bond motifs is 1. The molecule has 5 heteroatoms. The van der Waals surface area contributed by atoms with Crippen LogP contribution < -0.4 is 4.90 Å². The second-order valence-corrected chi connectivity index (χ2v) is 5.45. The van der Waals surface area contributed by atoms with E-state index in [-0.39, 0.29) is 5.92 Å². The summed E-state index contributed by atoms with van der Waals surface area (Å²) in [6.45, 7) is 1.49. The van der Waals surface area contributed by atoms with Crippen LogP contribution in [0.3, 0.4) is 0 Å². The summed E-state index contributed by atoms with van der Waals surface area (Å²) in [6, 6.07) is 0. The molecule has 102 valence electrons.